The van der Waals surface area contributed by atoms with Gasteiger partial charge in [-0.3, -0.25) is 0 Å². The highest BCUT2D eigenvalue weighted by Crippen LogP contribution is 2.31. The summed E-state index contributed by atoms with van der Waals surface area (Å²) < 4.78 is 26.5. The molecule has 4 heteroatoms. The summed E-state index contributed by atoms with van der Waals surface area (Å²) in [5.74, 6) is 0. The van der Waals surface area contributed by atoms with Crippen LogP contribution in [-0.2, 0) is 10.0 Å². The summed E-state index contributed by atoms with van der Waals surface area (Å²) in [4.78, 5) is 0.429. The molecule has 1 saturated heterocycles. The monoisotopic (exact) mass is 309 g/mol. The largest absolute Gasteiger partial charge is 0.243 e. The average Bonchev–Trinajstić information content (AvgIpc) is 3.23. The lowest BCUT2D eigenvalue weighted by Gasteiger charge is -2.07. The maximum atomic E-state index is 12.4. The van der Waals surface area contributed by atoms with E-state index in [1.807, 2.05) is 19.1 Å². The Morgan fingerprint density at radius 2 is 1.67 bits per heavy atom. The molecule has 1 aromatic rings. The van der Waals surface area contributed by atoms with E-state index >= 15 is 0 Å². The van der Waals surface area contributed by atoms with E-state index in [1.54, 1.807) is 16.4 Å². The van der Waals surface area contributed by atoms with Crippen LogP contribution in [0.2, 0.25) is 0 Å². The summed E-state index contributed by atoms with van der Waals surface area (Å²) in [5.41, 5.74) is 1.09. The van der Waals surface area contributed by atoms with Crippen molar-refractivity contribution in [3.8, 4) is 0 Å². The Hall–Kier alpha value is -0.870. The summed E-state index contributed by atoms with van der Waals surface area (Å²) in [6.07, 6.45) is 8.57. The average molecular weight is 309 g/mol. The van der Waals surface area contributed by atoms with E-state index in [9.17, 15) is 8.42 Å². The molecular weight excluding hydrogens is 282 g/mol. The zero-order valence-corrected chi connectivity index (χ0v) is 14.0. The van der Waals surface area contributed by atoms with Crippen LogP contribution < -0.4 is 0 Å². The first-order chi connectivity index (χ1) is 10.1. The van der Waals surface area contributed by atoms with Crippen LogP contribution in [0.5, 0.6) is 0 Å². The van der Waals surface area contributed by atoms with Crippen LogP contribution in [-0.4, -0.2) is 25.3 Å². The first kappa shape index (κ1) is 16.5. The SMILES string of the molecule is CCCCCCCC[C@H]1CN1S(=O)(=O)c1ccc(C)cc1. The van der Waals surface area contributed by atoms with Crippen molar-refractivity contribution in [1.29, 1.82) is 0 Å². The van der Waals surface area contributed by atoms with Gasteiger partial charge in [-0.2, -0.15) is 4.31 Å². The summed E-state index contributed by atoms with van der Waals surface area (Å²) in [5, 5.41) is 0. The van der Waals surface area contributed by atoms with Gasteiger partial charge in [-0.1, -0.05) is 63.1 Å². The Balaban J connectivity index is 1.76. The lowest BCUT2D eigenvalue weighted by molar-refractivity contribution is 0.533. The van der Waals surface area contributed by atoms with Crippen molar-refractivity contribution in [2.24, 2.45) is 0 Å². The van der Waals surface area contributed by atoms with Gasteiger partial charge in [0, 0.05) is 12.6 Å². The molecule has 0 bridgehead atoms. The maximum absolute atomic E-state index is 12.4. The number of aryl methyl sites for hydroxylation is 1. The summed E-state index contributed by atoms with van der Waals surface area (Å²) in [6, 6.07) is 7.39. The first-order valence-corrected chi connectivity index (χ1v) is 9.58. The molecule has 118 valence electrons. The molecule has 3 nitrogen and oxygen atoms in total. The molecule has 1 heterocycles. The van der Waals surface area contributed by atoms with E-state index < -0.39 is 10.0 Å². The highest BCUT2D eigenvalue weighted by atomic mass is 32.2. The number of rotatable bonds is 9. The summed E-state index contributed by atoms with van der Waals surface area (Å²) in [7, 11) is -3.25. The first-order valence-electron chi connectivity index (χ1n) is 8.14. The van der Waals surface area contributed by atoms with Gasteiger partial charge in [0.05, 0.1) is 4.90 Å². The Morgan fingerprint density at radius 1 is 1.05 bits per heavy atom. The van der Waals surface area contributed by atoms with E-state index in [4.69, 9.17) is 0 Å². The van der Waals surface area contributed by atoms with Crippen LogP contribution in [0, 0.1) is 6.92 Å². The van der Waals surface area contributed by atoms with Gasteiger partial charge in [-0.15, -0.1) is 0 Å². The van der Waals surface area contributed by atoms with Crippen molar-refractivity contribution < 1.29 is 8.42 Å². The molecule has 0 aromatic heterocycles. The quantitative estimate of drug-likeness (QED) is 0.508. The number of nitrogens with zero attached hydrogens (tertiary/aromatic N) is 1. The summed E-state index contributed by atoms with van der Waals surface area (Å²) in [6.45, 7) is 4.89. The van der Waals surface area contributed by atoms with Crippen LogP contribution in [0.3, 0.4) is 0 Å². The molecule has 1 aliphatic heterocycles. The van der Waals surface area contributed by atoms with Crippen LogP contribution >= 0.6 is 0 Å². The van der Waals surface area contributed by atoms with Gasteiger partial charge in [0.2, 0.25) is 10.0 Å². The smallest absolute Gasteiger partial charge is 0.207 e. The second-order valence-electron chi connectivity index (χ2n) is 6.10. The minimum Gasteiger partial charge on any atom is -0.207 e. The molecule has 0 aliphatic carbocycles. The van der Waals surface area contributed by atoms with Gasteiger partial charge in [0.25, 0.3) is 0 Å². The molecule has 1 aromatic carbocycles. The van der Waals surface area contributed by atoms with Crippen LogP contribution in [0.4, 0.5) is 0 Å². The second-order valence-corrected chi connectivity index (χ2v) is 7.99. The second kappa shape index (κ2) is 7.41. The molecule has 0 N–H and O–H groups in total. The van der Waals surface area contributed by atoms with E-state index in [-0.39, 0.29) is 6.04 Å². The van der Waals surface area contributed by atoms with Crippen molar-refractivity contribution in [3.63, 3.8) is 0 Å². The normalized spacial score (nSPS) is 21.4. The molecular formula is C17H27NO2S. The Morgan fingerprint density at radius 3 is 2.33 bits per heavy atom. The third-order valence-electron chi connectivity index (χ3n) is 4.18. The molecule has 2 atom stereocenters. The molecule has 1 aliphatic rings. The van der Waals surface area contributed by atoms with E-state index in [0.29, 0.717) is 11.4 Å². The molecule has 0 saturated carbocycles. The maximum Gasteiger partial charge on any atom is 0.243 e. The zero-order chi connectivity index (χ0) is 15.3. The number of hydrogen-bond acceptors (Lipinski definition) is 2. The lowest BCUT2D eigenvalue weighted by Crippen LogP contribution is -2.14. The molecule has 0 amide bonds. The third-order valence-corrected chi connectivity index (χ3v) is 6.12. The van der Waals surface area contributed by atoms with Crippen molar-refractivity contribution >= 4 is 10.0 Å². The topological polar surface area (TPSA) is 37.1 Å². The van der Waals surface area contributed by atoms with Crippen molar-refractivity contribution in [1.82, 2.24) is 4.31 Å². The molecule has 0 spiro atoms. The van der Waals surface area contributed by atoms with E-state index in [2.05, 4.69) is 6.92 Å². The Bertz CT molecular complexity index is 536. The third kappa shape index (κ3) is 4.55. The minimum atomic E-state index is -3.25. The van der Waals surface area contributed by atoms with Gasteiger partial charge in [0.15, 0.2) is 0 Å². The fraction of sp³-hybridized carbons (Fsp3) is 0.647. The molecule has 1 fully saturated rings. The fourth-order valence-electron chi connectivity index (χ4n) is 2.70. The van der Waals surface area contributed by atoms with Gasteiger partial charge < -0.3 is 0 Å². The Kier molecular flexibility index (Phi) is 5.82. The number of benzene rings is 1. The van der Waals surface area contributed by atoms with Crippen LogP contribution in [0.15, 0.2) is 29.2 Å². The predicted molar refractivity (Wildman–Crippen MR) is 86.9 cm³/mol. The number of unbranched alkanes of at least 4 members (excludes halogenated alkanes) is 5. The molecule has 1 unspecified atom stereocenters. The Labute approximate surface area is 129 Å². The van der Waals surface area contributed by atoms with Gasteiger partial charge in [-0.25, -0.2) is 8.42 Å². The van der Waals surface area contributed by atoms with Crippen LogP contribution in [0.25, 0.3) is 0 Å². The predicted octanol–water partition coefficient (Wildman–Crippen LogP) is 4.12. The van der Waals surface area contributed by atoms with E-state index in [0.717, 1.165) is 18.4 Å². The standard InChI is InChI=1S/C17H27NO2S/c1-3-4-5-6-7-8-9-16-14-18(16)21(19,20)17-12-10-15(2)11-13-17/h10-13,16H,3-9,14H2,1-2H3/t16-,18?/m0/s1. The van der Waals surface area contributed by atoms with E-state index in [1.165, 1.54) is 32.1 Å². The fourth-order valence-corrected chi connectivity index (χ4v) is 4.31. The van der Waals surface area contributed by atoms with Gasteiger partial charge >= 0.3 is 0 Å². The van der Waals surface area contributed by atoms with Gasteiger partial charge in [-0.05, 0) is 25.5 Å². The van der Waals surface area contributed by atoms with Crippen molar-refractivity contribution in [3.05, 3.63) is 29.8 Å². The highest BCUT2D eigenvalue weighted by molar-refractivity contribution is 7.89. The minimum absolute atomic E-state index is 0.238. The zero-order valence-electron chi connectivity index (χ0n) is 13.2. The molecule has 0 radical (unpaired) electrons. The highest BCUT2D eigenvalue weighted by Gasteiger charge is 2.43. The lowest BCUT2D eigenvalue weighted by atomic mass is 10.1. The van der Waals surface area contributed by atoms with Crippen molar-refractivity contribution in [2.75, 3.05) is 6.54 Å². The number of sulfonamides is 1. The number of hydrogen-bond donors (Lipinski definition) is 0. The van der Waals surface area contributed by atoms with Crippen molar-refractivity contribution in [2.45, 2.75) is 69.7 Å². The van der Waals surface area contributed by atoms with Crippen LogP contribution in [0.1, 0.15) is 57.4 Å². The molecule has 21 heavy (non-hydrogen) atoms. The molecule has 2 rings (SSSR count). The summed E-state index contributed by atoms with van der Waals surface area (Å²) >= 11 is 0. The van der Waals surface area contributed by atoms with Gasteiger partial charge in [0.1, 0.15) is 0 Å².